The summed E-state index contributed by atoms with van der Waals surface area (Å²) in [7, 11) is 1.49. The van der Waals surface area contributed by atoms with Crippen LogP contribution in [-0.4, -0.2) is 46.2 Å². The van der Waals surface area contributed by atoms with E-state index in [1.807, 2.05) is 0 Å². The molecule has 1 saturated heterocycles. The highest BCUT2D eigenvalue weighted by Crippen LogP contribution is 2.38. The Labute approximate surface area is 247 Å². The topological polar surface area (TPSA) is 135 Å². The van der Waals surface area contributed by atoms with E-state index in [0.29, 0.717) is 12.2 Å². The Balaban J connectivity index is 1.63. The molecule has 0 saturated carbocycles. The Bertz CT molecular complexity index is 1500. The third kappa shape index (κ3) is 7.52. The van der Waals surface area contributed by atoms with E-state index in [2.05, 4.69) is 5.32 Å². The second kappa shape index (κ2) is 12.4. The second-order valence-corrected chi connectivity index (χ2v) is 11.6. The predicted molar refractivity (Wildman–Crippen MR) is 158 cm³/mol. The summed E-state index contributed by atoms with van der Waals surface area (Å²) in [6.45, 7) is 6.52. The average Bonchev–Trinajstić information content (AvgIpc) is 3.24. The van der Waals surface area contributed by atoms with Crippen molar-refractivity contribution in [1.82, 2.24) is 5.32 Å². The number of nitrogens with one attached hydrogen (secondary N) is 1. The molecule has 12 heteroatoms. The van der Waals surface area contributed by atoms with E-state index < -0.39 is 22.9 Å². The van der Waals surface area contributed by atoms with Crippen LogP contribution in [0, 0.1) is 0 Å². The lowest BCUT2D eigenvalue weighted by molar-refractivity contribution is -0.120. The first-order valence-electron chi connectivity index (χ1n) is 13.0. The zero-order valence-electron chi connectivity index (χ0n) is 23.7. The van der Waals surface area contributed by atoms with Gasteiger partial charge < -0.3 is 19.4 Å². The number of anilines is 2. The van der Waals surface area contributed by atoms with Gasteiger partial charge in [0.25, 0.3) is 11.1 Å². The van der Waals surface area contributed by atoms with Crippen LogP contribution in [0.25, 0.3) is 0 Å². The van der Waals surface area contributed by atoms with E-state index >= 15 is 0 Å². The number of thioether (sulfide) groups is 1. The van der Waals surface area contributed by atoms with E-state index in [-0.39, 0.29) is 39.8 Å². The minimum atomic E-state index is -0.779. The number of carbonyl (C=O) groups is 4. The van der Waals surface area contributed by atoms with Crippen LogP contribution >= 0.6 is 11.8 Å². The Kier molecular flexibility index (Phi) is 8.96. The molecule has 4 amide bonds. The van der Waals surface area contributed by atoms with E-state index in [4.69, 9.17) is 14.3 Å². The molecule has 1 unspecified atom stereocenters. The standard InChI is InChI=1S/C30H31N3O8S/c1-18(34)33(41-20-12-10-19(11-13-20)16-26-27(36)31-28(37)42-26)22-15-14-21(39-25-9-7-6-8-24(25)35)17-23(22)32(5)29(38)40-30(2,3)4/h6-15,17,26,35H,16H2,1-5H3,(H,31,36,37). The van der Waals surface area contributed by atoms with Gasteiger partial charge in [-0.2, -0.15) is 0 Å². The fourth-order valence-corrected chi connectivity index (χ4v) is 4.78. The number of aromatic hydroxyl groups is 1. The highest BCUT2D eigenvalue weighted by molar-refractivity contribution is 8.15. The molecule has 2 N–H and O–H groups in total. The van der Waals surface area contributed by atoms with Crippen LogP contribution in [0.5, 0.6) is 23.0 Å². The average molecular weight is 594 g/mol. The summed E-state index contributed by atoms with van der Waals surface area (Å²) in [5, 5.41) is 12.6. The van der Waals surface area contributed by atoms with Crippen molar-refractivity contribution in [3.8, 4) is 23.0 Å². The number of benzene rings is 3. The molecule has 11 nitrogen and oxygen atoms in total. The van der Waals surface area contributed by atoms with Gasteiger partial charge in [-0.15, -0.1) is 5.06 Å². The van der Waals surface area contributed by atoms with Crippen molar-refractivity contribution in [2.45, 2.75) is 45.0 Å². The van der Waals surface area contributed by atoms with Crippen molar-refractivity contribution in [3.63, 3.8) is 0 Å². The third-order valence-electron chi connectivity index (χ3n) is 5.88. The number of imide groups is 1. The van der Waals surface area contributed by atoms with Crippen LogP contribution in [0.4, 0.5) is 21.0 Å². The molecule has 0 aliphatic carbocycles. The van der Waals surface area contributed by atoms with Crippen molar-refractivity contribution in [2.75, 3.05) is 17.0 Å². The predicted octanol–water partition coefficient (Wildman–Crippen LogP) is 5.80. The first kappa shape index (κ1) is 30.3. The highest BCUT2D eigenvalue weighted by Gasteiger charge is 2.31. The Morgan fingerprint density at radius 2 is 1.64 bits per heavy atom. The largest absolute Gasteiger partial charge is 0.504 e. The van der Waals surface area contributed by atoms with Gasteiger partial charge in [0.1, 0.15) is 17.0 Å². The molecule has 1 heterocycles. The molecule has 0 bridgehead atoms. The molecule has 1 aliphatic heterocycles. The number of ether oxygens (including phenoxy) is 2. The van der Waals surface area contributed by atoms with Crippen molar-refractivity contribution < 1.29 is 38.6 Å². The molecule has 42 heavy (non-hydrogen) atoms. The molecule has 3 aromatic carbocycles. The fourth-order valence-electron chi connectivity index (χ4n) is 3.92. The van der Waals surface area contributed by atoms with Crippen molar-refractivity contribution in [3.05, 3.63) is 72.3 Å². The number of hydrogen-bond acceptors (Lipinski definition) is 9. The maximum Gasteiger partial charge on any atom is 0.414 e. The Hall–Kier alpha value is -4.71. The summed E-state index contributed by atoms with van der Waals surface area (Å²) in [4.78, 5) is 56.4. The maximum absolute atomic E-state index is 13.0. The molecule has 220 valence electrons. The molecular weight excluding hydrogens is 562 g/mol. The summed E-state index contributed by atoms with van der Waals surface area (Å²) in [6, 6.07) is 17.8. The zero-order chi connectivity index (χ0) is 30.6. The van der Waals surface area contributed by atoms with Gasteiger partial charge in [0, 0.05) is 20.0 Å². The number of hydrogen-bond donors (Lipinski definition) is 2. The minimum Gasteiger partial charge on any atom is -0.504 e. The van der Waals surface area contributed by atoms with E-state index in [9.17, 15) is 24.3 Å². The zero-order valence-corrected chi connectivity index (χ0v) is 24.6. The van der Waals surface area contributed by atoms with Gasteiger partial charge in [0.05, 0.1) is 10.9 Å². The number of hydroxylamine groups is 1. The lowest BCUT2D eigenvalue weighted by atomic mass is 10.1. The molecule has 1 fully saturated rings. The summed E-state index contributed by atoms with van der Waals surface area (Å²) in [5.41, 5.74) is 0.481. The second-order valence-electron chi connectivity index (χ2n) is 10.4. The normalized spacial score (nSPS) is 14.6. The Morgan fingerprint density at radius 1 is 0.976 bits per heavy atom. The van der Waals surface area contributed by atoms with Crippen molar-refractivity contribution in [1.29, 1.82) is 0 Å². The number of amides is 4. The smallest absolute Gasteiger partial charge is 0.414 e. The first-order valence-corrected chi connectivity index (χ1v) is 13.8. The van der Waals surface area contributed by atoms with Crippen LogP contribution in [0.15, 0.2) is 66.7 Å². The van der Waals surface area contributed by atoms with Crippen LogP contribution in [-0.2, 0) is 20.7 Å². The van der Waals surface area contributed by atoms with Gasteiger partial charge in [-0.3, -0.25) is 24.6 Å². The van der Waals surface area contributed by atoms with Gasteiger partial charge in [-0.1, -0.05) is 36.0 Å². The third-order valence-corrected chi connectivity index (χ3v) is 6.86. The first-order chi connectivity index (χ1) is 19.8. The Morgan fingerprint density at radius 3 is 2.24 bits per heavy atom. The van der Waals surface area contributed by atoms with Crippen LogP contribution in [0.2, 0.25) is 0 Å². The summed E-state index contributed by atoms with van der Waals surface area (Å²) < 4.78 is 11.4. The summed E-state index contributed by atoms with van der Waals surface area (Å²) in [5.74, 6) is -0.0810. The monoisotopic (exact) mass is 593 g/mol. The van der Waals surface area contributed by atoms with Crippen LogP contribution in [0.1, 0.15) is 33.3 Å². The quantitative estimate of drug-likeness (QED) is 0.311. The van der Waals surface area contributed by atoms with E-state index in [1.165, 1.54) is 31.0 Å². The molecule has 0 aromatic heterocycles. The summed E-state index contributed by atoms with van der Waals surface area (Å²) in [6.07, 6.45) is -0.328. The van der Waals surface area contributed by atoms with Gasteiger partial charge >= 0.3 is 6.09 Å². The number of phenolic OH excluding ortho intramolecular Hbond substituents is 1. The van der Waals surface area contributed by atoms with Crippen molar-refractivity contribution in [2.24, 2.45) is 0 Å². The number of rotatable bonds is 8. The number of nitrogens with zero attached hydrogens (tertiary/aromatic N) is 2. The molecule has 0 spiro atoms. The van der Waals surface area contributed by atoms with Crippen LogP contribution in [0.3, 0.4) is 0 Å². The molecule has 3 aromatic rings. The SMILES string of the molecule is CC(=O)N(Oc1ccc(CC2SC(=O)NC2=O)cc1)c1ccc(Oc2ccccc2O)cc1N(C)C(=O)OC(C)(C)C. The molecule has 4 rings (SSSR count). The molecular formula is C30H31N3O8S. The molecule has 0 radical (unpaired) electrons. The molecule has 1 atom stereocenters. The van der Waals surface area contributed by atoms with Gasteiger partial charge in [-0.25, -0.2) is 4.79 Å². The number of phenols is 1. The van der Waals surface area contributed by atoms with Crippen LogP contribution < -0.4 is 24.9 Å². The lowest BCUT2D eigenvalue weighted by Gasteiger charge is -2.29. The molecule has 1 aliphatic rings. The highest BCUT2D eigenvalue weighted by atomic mass is 32.2. The van der Waals surface area contributed by atoms with Gasteiger partial charge in [0.2, 0.25) is 5.91 Å². The van der Waals surface area contributed by atoms with Gasteiger partial charge in [0.15, 0.2) is 17.2 Å². The lowest BCUT2D eigenvalue weighted by Crippen LogP contribution is -2.37. The number of carbonyl (C=O) groups excluding carboxylic acids is 4. The fraction of sp³-hybridized carbons (Fsp3) is 0.267. The number of para-hydroxylation sites is 2. The maximum atomic E-state index is 13.0. The minimum absolute atomic E-state index is 0.0699. The van der Waals surface area contributed by atoms with E-state index in [0.717, 1.165) is 22.4 Å². The van der Waals surface area contributed by atoms with E-state index in [1.54, 1.807) is 75.4 Å². The van der Waals surface area contributed by atoms with Crippen molar-refractivity contribution >= 4 is 46.3 Å². The summed E-state index contributed by atoms with van der Waals surface area (Å²) >= 11 is 0.946. The van der Waals surface area contributed by atoms with Gasteiger partial charge in [-0.05, 0) is 69.2 Å².